The van der Waals surface area contributed by atoms with Crippen LogP contribution in [0.15, 0.2) is 35.8 Å². The van der Waals surface area contributed by atoms with Crippen LogP contribution in [0.3, 0.4) is 0 Å². The van der Waals surface area contributed by atoms with E-state index in [0.717, 1.165) is 0 Å². The van der Waals surface area contributed by atoms with E-state index in [2.05, 4.69) is 11.3 Å². The summed E-state index contributed by atoms with van der Waals surface area (Å²) in [6.07, 6.45) is 6.89. The molecule has 20 heavy (non-hydrogen) atoms. The number of rotatable bonds is 8. The van der Waals surface area contributed by atoms with Crippen LogP contribution in [0.2, 0.25) is 0 Å². The van der Waals surface area contributed by atoms with Crippen LogP contribution in [-0.2, 0) is 10.0 Å². The van der Waals surface area contributed by atoms with Crippen molar-refractivity contribution in [1.82, 2.24) is 4.72 Å². The first-order chi connectivity index (χ1) is 8.90. The van der Waals surface area contributed by atoms with Gasteiger partial charge in [0.25, 0.3) is 0 Å². The van der Waals surface area contributed by atoms with Gasteiger partial charge in [0.1, 0.15) is 0 Å². The molecular formula is C15H27NO3S. The smallest absolute Gasteiger partial charge is 0.236 e. The molecule has 0 rings (SSSR count). The first kappa shape index (κ1) is 19.1. The lowest BCUT2D eigenvalue weighted by molar-refractivity contribution is 0.0333. The van der Waals surface area contributed by atoms with E-state index in [1.165, 1.54) is 6.08 Å². The van der Waals surface area contributed by atoms with Crippen molar-refractivity contribution >= 4 is 10.0 Å². The molecule has 0 atom stereocenters. The minimum Gasteiger partial charge on any atom is -0.390 e. The maximum absolute atomic E-state index is 12.0. The molecule has 0 aliphatic heterocycles. The molecule has 0 aliphatic rings. The number of aliphatic hydroxyl groups is 1. The molecule has 0 aliphatic carbocycles. The van der Waals surface area contributed by atoms with E-state index >= 15 is 0 Å². The summed E-state index contributed by atoms with van der Waals surface area (Å²) in [5, 5.41) is 9.83. The summed E-state index contributed by atoms with van der Waals surface area (Å²) in [4.78, 5) is 0.245. The zero-order valence-electron chi connectivity index (χ0n) is 13.1. The summed E-state index contributed by atoms with van der Waals surface area (Å²) < 4.78 is 26.7. The molecule has 0 saturated carbocycles. The third-order valence-electron chi connectivity index (χ3n) is 2.65. The summed E-state index contributed by atoms with van der Waals surface area (Å²) in [6, 6.07) is 0. The molecule has 0 bridgehead atoms. The first-order valence-electron chi connectivity index (χ1n) is 6.58. The fourth-order valence-electron chi connectivity index (χ4n) is 2.00. The average molecular weight is 301 g/mol. The molecule has 0 aromatic rings. The van der Waals surface area contributed by atoms with Crippen molar-refractivity contribution in [2.45, 2.75) is 46.6 Å². The minimum absolute atomic E-state index is 0.245. The van der Waals surface area contributed by atoms with Gasteiger partial charge in [0.2, 0.25) is 10.0 Å². The van der Waals surface area contributed by atoms with E-state index < -0.39 is 15.6 Å². The highest BCUT2D eigenvalue weighted by molar-refractivity contribution is 7.93. The van der Waals surface area contributed by atoms with Crippen molar-refractivity contribution < 1.29 is 13.5 Å². The first-order valence-corrected chi connectivity index (χ1v) is 8.06. The van der Waals surface area contributed by atoms with Crippen LogP contribution in [0.4, 0.5) is 0 Å². The highest BCUT2D eigenvalue weighted by Crippen LogP contribution is 2.27. The van der Waals surface area contributed by atoms with Gasteiger partial charge in [0.05, 0.1) is 10.5 Å². The van der Waals surface area contributed by atoms with E-state index in [0.29, 0.717) is 6.42 Å². The maximum atomic E-state index is 12.0. The zero-order valence-corrected chi connectivity index (χ0v) is 13.9. The van der Waals surface area contributed by atoms with Crippen molar-refractivity contribution in [1.29, 1.82) is 0 Å². The molecule has 2 N–H and O–H groups in total. The second-order valence-corrected chi connectivity index (χ2v) is 8.32. The van der Waals surface area contributed by atoms with Gasteiger partial charge in [-0.1, -0.05) is 38.7 Å². The molecule has 0 amide bonds. The Balaban J connectivity index is 4.75. The largest absolute Gasteiger partial charge is 0.390 e. The van der Waals surface area contributed by atoms with Gasteiger partial charge in [0, 0.05) is 6.54 Å². The Morgan fingerprint density at radius 1 is 1.25 bits per heavy atom. The predicted octanol–water partition coefficient (Wildman–Crippen LogP) is 2.74. The van der Waals surface area contributed by atoms with Gasteiger partial charge in [-0.3, -0.25) is 0 Å². The number of allylic oxidation sites excluding steroid dienone is 5. The molecule has 0 spiro atoms. The molecule has 0 heterocycles. The molecule has 0 aromatic carbocycles. The summed E-state index contributed by atoms with van der Waals surface area (Å²) in [5.41, 5.74) is -1.16. The molecule has 0 radical (unpaired) electrons. The van der Waals surface area contributed by atoms with E-state index in [-0.39, 0.29) is 16.9 Å². The molecule has 0 saturated heterocycles. The summed E-state index contributed by atoms with van der Waals surface area (Å²) >= 11 is 0. The van der Waals surface area contributed by atoms with Gasteiger partial charge in [-0.05, 0) is 38.7 Å². The summed E-state index contributed by atoms with van der Waals surface area (Å²) in [7, 11) is -3.49. The topological polar surface area (TPSA) is 66.4 Å². The molecular weight excluding hydrogens is 274 g/mol. The third-order valence-corrected chi connectivity index (χ3v) is 4.16. The van der Waals surface area contributed by atoms with Crippen LogP contribution < -0.4 is 4.72 Å². The van der Waals surface area contributed by atoms with Gasteiger partial charge in [-0.15, -0.1) is 0 Å². The van der Waals surface area contributed by atoms with Crippen molar-refractivity contribution in [3.05, 3.63) is 35.8 Å². The van der Waals surface area contributed by atoms with Crippen molar-refractivity contribution in [3.63, 3.8) is 0 Å². The Bertz CT molecular complexity index is 480. The Kier molecular flexibility index (Phi) is 6.87. The monoisotopic (exact) mass is 301 g/mol. The van der Waals surface area contributed by atoms with E-state index in [4.69, 9.17) is 0 Å². The number of nitrogens with one attached hydrogen (secondary N) is 1. The number of sulfonamides is 1. The lowest BCUT2D eigenvalue weighted by Crippen LogP contribution is -2.38. The highest BCUT2D eigenvalue weighted by Gasteiger charge is 2.28. The van der Waals surface area contributed by atoms with Crippen LogP contribution in [0.5, 0.6) is 0 Å². The third kappa shape index (κ3) is 8.30. The number of hydrogen-bond donors (Lipinski definition) is 2. The fraction of sp³-hybridized carbons (Fsp3) is 0.600. The van der Waals surface area contributed by atoms with Crippen molar-refractivity contribution in [2.75, 3.05) is 6.54 Å². The second kappa shape index (κ2) is 7.20. The zero-order chi connectivity index (χ0) is 16.0. The van der Waals surface area contributed by atoms with Crippen molar-refractivity contribution in [2.24, 2.45) is 5.41 Å². The Labute approximate surface area is 123 Å². The quantitative estimate of drug-likeness (QED) is 0.677. The second-order valence-electron chi connectivity index (χ2n) is 6.38. The van der Waals surface area contributed by atoms with Gasteiger partial charge >= 0.3 is 0 Å². The number of hydrogen-bond acceptors (Lipinski definition) is 3. The lowest BCUT2D eigenvalue weighted by Gasteiger charge is -2.31. The van der Waals surface area contributed by atoms with E-state index in [1.807, 2.05) is 13.8 Å². The van der Waals surface area contributed by atoms with Crippen LogP contribution in [0, 0.1) is 5.41 Å². The molecule has 4 nitrogen and oxygen atoms in total. The summed E-state index contributed by atoms with van der Waals surface area (Å²) in [5.74, 6) is 0. The van der Waals surface area contributed by atoms with Crippen LogP contribution in [0.1, 0.15) is 41.0 Å². The molecule has 0 unspecified atom stereocenters. The minimum atomic E-state index is -3.49. The normalized spacial score (nSPS) is 14.8. The van der Waals surface area contributed by atoms with Gasteiger partial charge < -0.3 is 5.11 Å². The highest BCUT2D eigenvalue weighted by atomic mass is 32.2. The van der Waals surface area contributed by atoms with Gasteiger partial charge in [0.15, 0.2) is 0 Å². The Morgan fingerprint density at radius 3 is 2.25 bits per heavy atom. The Hall–Kier alpha value is -0.910. The maximum Gasteiger partial charge on any atom is 0.236 e. The van der Waals surface area contributed by atoms with Crippen LogP contribution >= 0.6 is 0 Å². The average Bonchev–Trinajstić information content (AvgIpc) is 2.24. The molecule has 0 fully saturated rings. The SMILES string of the molecule is C=C/C=C\C=C(/C)S(=O)(=O)NCC(C)(C)CC(C)(C)O. The van der Waals surface area contributed by atoms with Crippen molar-refractivity contribution in [3.8, 4) is 0 Å². The van der Waals surface area contributed by atoms with E-state index in [1.54, 1.807) is 39.0 Å². The predicted molar refractivity (Wildman–Crippen MR) is 84.7 cm³/mol. The lowest BCUT2D eigenvalue weighted by atomic mass is 9.82. The van der Waals surface area contributed by atoms with E-state index in [9.17, 15) is 13.5 Å². The van der Waals surface area contributed by atoms with Gasteiger partial charge in [-0.2, -0.15) is 0 Å². The standard InChI is InChI=1S/C15H27NO3S/c1-7-8-9-10-13(2)20(18,19)16-12-14(3,4)11-15(5,6)17/h7-10,16-17H,1,11-12H2,2-6H3/b9-8-,13-10+. The summed E-state index contributed by atoms with van der Waals surface area (Å²) in [6.45, 7) is 12.6. The molecule has 5 heteroatoms. The van der Waals surface area contributed by atoms with Gasteiger partial charge in [-0.25, -0.2) is 13.1 Å². The molecule has 0 aromatic heterocycles. The molecule has 116 valence electrons. The fourth-order valence-corrected chi connectivity index (χ4v) is 3.06. The Morgan fingerprint density at radius 2 is 1.80 bits per heavy atom. The van der Waals surface area contributed by atoms with Crippen LogP contribution in [0.25, 0.3) is 0 Å². The van der Waals surface area contributed by atoms with Crippen LogP contribution in [-0.4, -0.2) is 25.7 Å².